The van der Waals surface area contributed by atoms with Crippen molar-refractivity contribution in [3.63, 3.8) is 0 Å². The van der Waals surface area contributed by atoms with Crippen LogP contribution in [0.15, 0.2) is 24.5 Å². The fourth-order valence-corrected chi connectivity index (χ4v) is 5.09. The fourth-order valence-electron chi connectivity index (χ4n) is 5.09. The van der Waals surface area contributed by atoms with E-state index in [9.17, 15) is 9.59 Å². The Morgan fingerprint density at radius 2 is 2.10 bits per heavy atom. The number of amides is 2. The predicted molar refractivity (Wildman–Crippen MR) is 103 cm³/mol. The van der Waals surface area contributed by atoms with Gasteiger partial charge in [0.25, 0.3) is 5.91 Å². The monoisotopic (exact) mass is 395 g/mol. The van der Waals surface area contributed by atoms with Gasteiger partial charge in [-0.2, -0.15) is 5.10 Å². The van der Waals surface area contributed by atoms with Crippen LogP contribution in [0, 0.1) is 5.41 Å². The summed E-state index contributed by atoms with van der Waals surface area (Å²) < 4.78 is 7.67. The van der Waals surface area contributed by atoms with E-state index in [0.717, 1.165) is 25.7 Å². The van der Waals surface area contributed by atoms with Crippen LogP contribution in [0.5, 0.6) is 0 Å². The molecule has 2 amide bonds. The van der Waals surface area contributed by atoms with Gasteiger partial charge in [-0.3, -0.25) is 9.59 Å². The SMILES string of the molecule is O=C(CC1CN(C(=O)c2cccc3ncnn23)C2(CCC2)CO1)NC1CC12CC2. The molecule has 3 saturated carbocycles. The minimum atomic E-state index is -0.269. The molecule has 2 aromatic heterocycles. The summed E-state index contributed by atoms with van der Waals surface area (Å²) >= 11 is 0. The summed E-state index contributed by atoms with van der Waals surface area (Å²) in [5.74, 6) is -0.0206. The minimum Gasteiger partial charge on any atom is -0.373 e. The molecule has 2 atom stereocenters. The van der Waals surface area contributed by atoms with Crippen LogP contribution in [-0.2, 0) is 9.53 Å². The number of fused-ring (bicyclic) bond motifs is 1. The standard InChI is InChI=1S/C21H25N5O3/c27-18(24-16-10-20(16)7-8-20)9-14-11-25(21(12-29-14)5-2-6-21)19(28)15-3-1-4-17-22-13-23-26(15)17/h1,3-4,13-14,16H,2,5-12H2,(H,24,27). The largest absolute Gasteiger partial charge is 0.373 e. The number of carbonyl (C=O) groups is 2. The van der Waals surface area contributed by atoms with Crippen LogP contribution in [-0.4, -0.2) is 62.1 Å². The molecule has 6 rings (SSSR count). The van der Waals surface area contributed by atoms with Gasteiger partial charge < -0.3 is 15.0 Å². The number of nitrogens with zero attached hydrogens (tertiary/aromatic N) is 4. The smallest absolute Gasteiger partial charge is 0.273 e. The maximum Gasteiger partial charge on any atom is 0.273 e. The van der Waals surface area contributed by atoms with E-state index in [2.05, 4.69) is 15.4 Å². The summed E-state index contributed by atoms with van der Waals surface area (Å²) in [6.07, 6.45) is 8.09. The molecule has 1 N–H and O–H groups in total. The van der Waals surface area contributed by atoms with Gasteiger partial charge in [-0.1, -0.05) is 6.07 Å². The van der Waals surface area contributed by atoms with E-state index in [1.54, 1.807) is 10.6 Å². The van der Waals surface area contributed by atoms with Crippen LogP contribution in [0.3, 0.4) is 0 Å². The third-order valence-electron chi connectivity index (χ3n) is 7.43. The zero-order chi connectivity index (χ0) is 19.6. The van der Waals surface area contributed by atoms with E-state index < -0.39 is 0 Å². The van der Waals surface area contributed by atoms with E-state index in [-0.39, 0.29) is 23.5 Å². The Balaban J connectivity index is 1.20. The molecule has 0 bridgehead atoms. The second kappa shape index (κ2) is 6.01. The molecule has 1 saturated heterocycles. The van der Waals surface area contributed by atoms with Gasteiger partial charge in [-0.05, 0) is 56.1 Å². The Bertz CT molecular complexity index is 993. The highest BCUT2D eigenvalue weighted by Gasteiger charge is 2.63. The highest BCUT2D eigenvalue weighted by atomic mass is 16.5. The van der Waals surface area contributed by atoms with E-state index in [1.807, 2.05) is 17.0 Å². The molecule has 8 heteroatoms. The summed E-state index contributed by atoms with van der Waals surface area (Å²) in [4.78, 5) is 32.1. The number of nitrogens with one attached hydrogen (secondary N) is 1. The molecule has 2 spiro atoms. The highest BCUT2D eigenvalue weighted by molar-refractivity contribution is 5.94. The number of hydrogen-bond acceptors (Lipinski definition) is 5. The van der Waals surface area contributed by atoms with Crippen molar-refractivity contribution in [1.82, 2.24) is 24.8 Å². The Hall–Kier alpha value is -2.48. The zero-order valence-electron chi connectivity index (χ0n) is 16.3. The lowest BCUT2D eigenvalue weighted by molar-refractivity contribution is -0.140. The van der Waals surface area contributed by atoms with Crippen LogP contribution in [0.1, 0.15) is 55.4 Å². The first-order chi connectivity index (χ1) is 14.1. The third kappa shape index (κ3) is 2.76. The Labute approximate surface area is 168 Å². The molecule has 0 aromatic carbocycles. The van der Waals surface area contributed by atoms with Crippen molar-refractivity contribution >= 4 is 17.5 Å². The van der Waals surface area contributed by atoms with Crippen LogP contribution < -0.4 is 5.32 Å². The van der Waals surface area contributed by atoms with E-state index >= 15 is 0 Å². The van der Waals surface area contributed by atoms with Gasteiger partial charge in [0.15, 0.2) is 5.65 Å². The fraction of sp³-hybridized carbons (Fsp3) is 0.619. The first kappa shape index (κ1) is 17.4. The van der Waals surface area contributed by atoms with Gasteiger partial charge in [0.2, 0.25) is 5.91 Å². The lowest BCUT2D eigenvalue weighted by Gasteiger charge is -2.54. The Morgan fingerprint density at radius 3 is 2.83 bits per heavy atom. The molecular weight excluding hydrogens is 370 g/mol. The molecule has 2 aromatic rings. The highest BCUT2D eigenvalue weighted by Crippen LogP contribution is 2.65. The minimum absolute atomic E-state index is 0.0408. The number of rotatable bonds is 4. The first-order valence-electron chi connectivity index (χ1n) is 10.6. The quantitative estimate of drug-likeness (QED) is 0.849. The third-order valence-corrected chi connectivity index (χ3v) is 7.43. The van der Waals surface area contributed by atoms with Crippen molar-refractivity contribution in [1.29, 1.82) is 0 Å². The van der Waals surface area contributed by atoms with Gasteiger partial charge in [0, 0.05) is 12.6 Å². The molecule has 2 unspecified atom stereocenters. The molecule has 4 aliphatic rings. The van der Waals surface area contributed by atoms with Crippen molar-refractivity contribution in [3.8, 4) is 0 Å². The normalized spacial score (nSPS) is 28.3. The van der Waals surface area contributed by atoms with E-state index in [0.29, 0.717) is 42.4 Å². The topological polar surface area (TPSA) is 88.8 Å². The summed E-state index contributed by atoms with van der Waals surface area (Å²) in [5.41, 5.74) is 1.35. The molecule has 8 nitrogen and oxygen atoms in total. The number of pyridine rings is 1. The second-order valence-electron chi connectivity index (χ2n) is 9.26. The Kier molecular flexibility index (Phi) is 3.60. The van der Waals surface area contributed by atoms with Gasteiger partial charge in [-0.25, -0.2) is 9.50 Å². The van der Waals surface area contributed by atoms with Gasteiger partial charge >= 0.3 is 0 Å². The number of aromatic nitrogens is 3. The maximum absolute atomic E-state index is 13.5. The van der Waals surface area contributed by atoms with Crippen LogP contribution in [0.4, 0.5) is 0 Å². The van der Waals surface area contributed by atoms with Crippen LogP contribution in [0.25, 0.3) is 5.65 Å². The van der Waals surface area contributed by atoms with Crippen LogP contribution >= 0.6 is 0 Å². The second-order valence-corrected chi connectivity index (χ2v) is 9.26. The van der Waals surface area contributed by atoms with Crippen LogP contribution in [0.2, 0.25) is 0 Å². The molecule has 1 aliphatic heterocycles. The Morgan fingerprint density at radius 1 is 1.24 bits per heavy atom. The molecule has 3 heterocycles. The average molecular weight is 395 g/mol. The van der Waals surface area contributed by atoms with E-state index in [4.69, 9.17) is 4.74 Å². The molecular formula is C21H25N5O3. The van der Waals surface area contributed by atoms with Crippen molar-refractivity contribution in [3.05, 3.63) is 30.2 Å². The summed E-state index contributed by atoms with van der Waals surface area (Å²) in [6, 6.07) is 5.81. The van der Waals surface area contributed by atoms with Crippen molar-refractivity contribution in [2.24, 2.45) is 5.41 Å². The maximum atomic E-state index is 13.5. The molecule has 29 heavy (non-hydrogen) atoms. The summed E-state index contributed by atoms with van der Waals surface area (Å²) in [6.45, 7) is 0.935. The van der Waals surface area contributed by atoms with E-state index in [1.165, 1.54) is 19.2 Å². The van der Waals surface area contributed by atoms with Crippen molar-refractivity contribution in [2.45, 2.75) is 62.6 Å². The molecule has 152 valence electrons. The molecule has 3 aliphatic carbocycles. The number of morpholine rings is 1. The predicted octanol–water partition coefficient (Wildman–Crippen LogP) is 1.55. The van der Waals surface area contributed by atoms with Crippen molar-refractivity contribution < 1.29 is 14.3 Å². The lowest BCUT2D eigenvalue weighted by atomic mass is 9.74. The van der Waals surface area contributed by atoms with Gasteiger partial charge in [-0.15, -0.1) is 0 Å². The number of carbonyl (C=O) groups excluding carboxylic acids is 2. The lowest BCUT2D eigenvalue weighted by Crippen LogP contribution is -2.65. The van der Waals surface area contributed by atoms with Gasteiger partial charge in [0.05, 0.1) is 24.7 Å². The van der Waals surface area contributed by atoms with Gasteiger partial charge in [0.1, 0.15) is 12.0 Å². The summed E-state index contributed by atoms with van der Waals surface area (Å²) in [7, 11) is 0. The number of ether oxygens (including phenoxy) is 1. The van der Waals surface area contributed by atoms with Crippen molar-refractivity contribution in [2.75, 3.05) is 13.2 Å². The first-order valence-corrected chi connectivity index (χ1v) is 10.6. The number of hydrogen-bond donors (Lipinski definition) is 1. The molecule has 0 radical (unpaired) electrons. The molecule has 4 fully saturated rings. The zero-order valence-corrected chi connectivity index (χ0v) is 16.3. The average Bonchev–Trinajstić information content (AvgIpc) is 3.55. The summed E-state index contributed by atoms with van der Waals surface area (Å²) in [5, 5.41) is 7.37.